The number of phenolic OH excluding ortho intramolecular Hbond substituents is 1. The van der Waals surface area contributed by atoms with Crippen molar-refractivity contribution in [2.75, 3.05) is 20.7 Å². The highest BCUT2D eigenvalue weighted by molar-refractivity contribution is 5.94. The molecular formula is C24H28N4O9. The number of nitro benzene ring substituents is 3. The van der Waals surface area contributed by atoms with E-state index in [-0.39, 0.29) is 5.97 Å². The largest absolute Gasteiger partial charge is 0.497 e. The van der Waals surface area contributed by atoms with Gasteiger partial charge in [-0.15, -0.1) is 0 Å². The SMILES string of the molecule is COC(=O)/C(=C\c1ccccc1)CN(C)C1CCCCC1.O=[N+]([O-])c1cc([N+](=O)[O-])c(O)c([N+](=O)[O-])c1. The van der Waals surface area contributed by atoms with Crippen LogP contribution in [-0.2, 0) is 9.53 Å². The van der Waals surface area contributed by atoms with Crippen LogP contribution in [0.15, 0.2) is 48.0 Å². The number of methoxy groups -OCH3 is 1. The van der Waals surface area contributed by atoms with Crippen LogP contribution in [0.2, 0.25) is 0 Å². The number of esters is 1. The third-order valence-electron chi connectivity index (χ3n) is 5.86. The van der Waals surface area contributed by atoms with Crippen LogP contribution in [0, 0.1) is 30.3 Å². The lowest BCUT2D eigenvalue weighted by atomic mass is 9.94. The molecule has 0 radical (unpaired) electrons. The number of likely N-dealkylation sites (N-methyl/N-ethyl adjacent to an activating group) is 1. The first-order chi connectivity index (χ1) is 17.5. The van der Waals surface area contributed by atoms with Crippen LogP contribution in [-0.4, -0.2) is 57.5 Å². The van der Waals surface area contributed by atoms with E-state index in [1.165, 1.54) is 39.2 Å². The Hall–Kier alpha value is -4.39. The second-order valence-electron chi connectivity index (χ2n) is 8.38. The Morgan fingerprint density at radius 2 is 1.54 bits per heavy atom. The van der Waals surface area contributed by atoms with E-state index in [1.54, 1.807) is 0 Å². The van der Waals surface area contributed by atoms with Crippen LogP contribution >= 0.6 is 0 Å². The maximum absolute atomic E-state index is 12.0. The summed E-state index contributed by atoms with van der Waals surface area (Å²) in [7, 11) is 3.56. The second-order valence-corrected chi connectivity index (χ2v) is 8.38. The van der Waals surface area contributed by atoms with Gasteiger partial charge in [-0.2, -0.15) is 0 Å². The summed E-state index contributed by atoms with van der Waals surface area (Å²) in [6.45, 7) is 0.645. The smallest absolute Gasteiger partial charge is 0.335 e. The number of carbonyl (C=O) groups is 1. The van der Waals surface area contributed by atoms with Crippen LogP contribution in [0.1, 0.15) is 37.7 Å². The minimum absolute atomic E-state index is 0.235. The molecule has 0 aromatic heterocycles. The Labute approximate surface area is 212 Å². The zero-order valence-corrected chi connectivity index (χ0v) is 20.4. The van der Waals surface area contributed by atoms with Gasteiger partial charge in [-0.05, 0) is 31.5 Å². The molecule has 13 nitrogen and oxygen atoms in total. The summed E-state index contributed by atoms with van der Waals surface area (Å²) >= 11 is 0. The summed E-state index contributed by atoms with van der Waals surface area (Å²) in [4.78, 5) is 42.1. The predicted molar refractivity (Wildman–Crippen MR) is 134 cm³/mol. The van der Waals surface area contributed by atoms with Gasteiger partial charge in [0.2, 0.25) is 0 Å². The molecule has 13 heteroatoms. The summed E-state index contributed by atoms with van der Waals surface area (Å²) in [5.74, 6) is -1.44. The van der Waals surface area contributed by atoms with Crippen molar-refractivity contribution in [1.29, 1.82) is 0 Å². The molecule has 0 unspecified atom stereocenters. The van der Waals surface area contributed by atoms with Gasteiger partial charge in [0.1, 0.15) is 0 Å². The lowest BCUT2D eigenvalue weighted by Crippen LogP contribution is -2.36. The second kappa shape index (κ2) is 13.6. The fourth-order valence-corrected chi connectivity index (χ4v) is 3.94. The van der Waals surface area contributed by atoms with E-state index in [2.05, 4.69) is 11.9 Å². The van der Waals surface area contributed by atoms with Crippen molar-refractivity contribution in [2.24, 2.45) is 0 Å². The third-order valence-corrected chi connectivity index (χ3v) is 5.86. The summed E-state index contributed by atoms with van der Waals surface area (Å²) in [5, 5.41) is 40.2. The van der Waals surface area contributed by atoms with Gasteiger partial charge in [0.25, 0.3) is 11.4 Å². The molecule has 37 heavy (non-hydrogen) atoms. The zero-order valence-electron chi connectivity index (χ0n) is 20.4. The van der Waals surface area contributed by atoms with Crippen LogP contribution in [0.4, 0.5) is 17.1 Å². The molecule has 0 heterocycles. The van der Waals surface area contributed by atoms with Gasteiger partial charge in [-0.3, -0.25) is 35.2 Å². The molecule has 3 rings (SSSR count). The van der Waals surface area contributed by atoms with Gasteiger partial charge in [0.05, 0.1) is 39.6 Å². The van der Waals surface area contributed by atoms with Crippen molar-refractivity contribution in [3.63, 3.8) is 0 Å². The van der Waals surface area contributed by atoms with E-state index >= 15 is 0 Å². The van der Waals surface area contributed by atoms with Crippen LogP contribution < -0.4 is 0 Å². The fraction of sp³-hybridized carbons (Fsp3) is 0.375. The third kappa shape index (κ3) is 8.35. The maximum atomic E-state index is 12.0. The number of hydrogen-bond donors (Lipinski definition) is 1. The van der Waals surface area contributed by atoms with Crippen molar-refractivity contribution < 1.29 is 29.4 Å². The average Bonchev–Trinajstić information content (AvgIpc) is 2.88. The highest BCUT2D eigenvalue weighted by Crippen LogP contribution is 2.39. The Balaban J connectivity index is 0.000000271. The van der Waals surface area contributed by atoms with Crippen molar-refractivity contribution in [1.82, 2.24) is 4.90 Å². The van der Waals surface area contributed by atoms with Crippen molar-refractivity contribution in [3.8, 4) is 5.75 Å². The van der Waals surface area contributed by atoms with Crippen molar-refractivity contribution >= 4 is 29.1 Å². The van der Waals surface area contributed by atoms with Crippen LogP contribution in [0.3, 0.4) is 0 Å². The average molecular weight is 517 g/mol. The van der Waals surface area contributed by atoms with Crippen molar-refractivity contribution in [3.05, 3.63) is 83.9 Å². The van der Waals surface area contributed by atoms with E-state index < -0.39 is 37.6 Å². The van der Waals surface area contributed by atoms with E-state index in [1.807, 2.05) is 36.4 Å². The molecule has 1 saturated carbocycles. The number of non-ortho nitro benzene ring substituents is 1. The summed E-state index contributed by atoms with van der Waals surface area (Å²) in [5.41, 5.74) is -1.25. The van der Waals surface area contributed by atoms with Gasteiger partial charge in [0, 0.05) is 12.6 Å². The van der Waals surface area contributed by atoms with Gasteiger partial charge < -0.3 is 9.84 Å². The number of phenols is 1. The monoisotopic (exact) mass is 516 g/mol. The van der Waals surface area contributed by atoms with Gasteiger partial charge >= 0.3 is 17.3 Å². The Morgan fingerprint density at radius 1 is 1.00 bits per heavy atom. The molecule has 0 amide bonds. The number of hydrogen-bond acceptors (Lipinski definition) is 10. The molecule has 1 fully saturated rings. The number of rotatable bonds is 8. The first kappa shape index (κ1) is 28.8. The minimum Gasteiger partial charge on any atom is -0.497 e. The summed E-state index contributed by atoms with van der Waals surface area (Å²) < 4.78 is 4.94. The molecular weight excluding hydrogens is 488 g/mol. The number of aromatic hydroxyl groups is 1. The molecule has 0 bridgehead atoms. The first-order valence-electron chi connectivity index (χ1n) is 11.4. The topological polar surface area (TPSA) is 179 Å². The van der Waals surface area contributed by atoms with Crippen molar-refractivity contribution in [2.45, 2.75) is 38.1 Å². The molecule has 198 valence electrons. The number of nitro groups is 3. The maximum Gasteiger partial charge on any atom is 0.335 e. The molecule has 1 aliphatic carbocycles. The summed E-state index contributed by atoms with van der Waals surface area (Å²) in [6, 6.07) is 11.4. The minimum atomic E-state index is -1.21. The number of benzene rings is 2. The van der Waals surface area contributed by atoms with Crippen LogP contribution in [0.5, 0.6) is 5.75 Å². The Kier molecular flexibility index (Phi) is 10.6. The molecule has 0 atom stereocenters. The number of carbonyl (C=O) groups excluding carboxylic acids is 1. The lowest BCUT2D eigenvalue weighted by molar-refractivity contribution is -0.404. The quantitative estimate of drug-likeness (QED) is 0.225. The molecule has 1 N–H and O–H groups in total. The molecule has 2 aromatic carbocycles. The normalized spacial score (nSPS) is 13.9. The molecule has 2 aromatic rings. The zero-order chi connectivity index (χ0) is 27.5. The van der Waals surface area contributed by atoms with E-state index in [0.717, 1.165) is 11.1 Å². The lowest BCUT2D eigenvalue weighted by Gasteiger charge is -2.31. The van der Waals surface area contributed by atoms with Gasteiger partial charge in [-0.1, -0.05) is 49.6 Å². The molecule has 0 spiro atoms. The molecule has 0 aliphatic heterocycles. The van der Waals surface area contributed by atoms with E-state index in [9.17, 15) is 35.1 Å². The molecule has 0 saturated heterocycles. The highest BCUT2D eigenvalue weighted by atomic mass is 16.6. The van der Waals surface area contributed by atoms with Gasteiger partial charge in [-0.25, -0.2) is 4.79 Å². The summed E-state index contributed by atoms with van der Waals surface area (Å²) in [6.07, 6.45) is 8.34. The van der Waals surface area contributed by atoms with Gasteiger partial charge in [0.15, 0.2) is 0 Å². The van der Waals surface area contributed by atoms with E-state index in [0.29, 0.717) is 24.7 Å². The highest BCUT2D eigenvalue weighted by Gasteiger charge is 2.30. The predicted octanol–water partition coefficient (Wildman–Crippen LogP) is 4.62. The molecule has 1 aliphatic rings. The Morgan fingerprint density at radius 3 is 2.00 bits per heavy atom. The van der Waals surface area contributed by atoms with E-state index in [4.69, 9.17) is 9.84 Å². The standard InChI is InChI=1S/C18H25NO2.C6H3N3O7/c1-19(17-11-7-4-8-12-17)14-16(18(20)21-2)13-15-9-5-3-6-10-15;10-6-4(8(13)14)1-3(7(11)12)2-5(6)9(15)16/h3,5-6,9-10,13,17H,4,7-8,11-12,14H2,1-2H3;1-2,10H/b16-13-;. The van der Waals surface area contributed by atoms with Crippen LogP contribution in [0.25, 0.3) is 6.08 Å². The first-order valence-corrected chi connectivity index (χ1v) is 11.4. The fourth-order valence-electron chi connectivity index (χ4n) is 3.94. The Bertz CT molecular complexity index is 1130. The number of ether oxygens (including phenoxy) is 1. The number of nitrogens with zero attached hydrogens (tertiary/aromatic N) is 4.